The summed E-state index contributed by atoms with van der Waals surface area (Å²) in [5, 5.41) is 8.37. The molecule has 126 valence electrons. The van der Waals surface area contributed by atoms with Crippen molar-refractivity contribution in [1.29, 1.82) is 0 Å². The van der Waals surface area contributed by atoms with E-state index in [0.29, 0.717) is 26.1 Å². The van der Waals surface area contributed by atoms with Crippen LogP contribution in [0.25, 0.3) is 0 Å². The number of nitrogens with zero attached hydrogens (tertiary/aromatic N) is 3. The zero-order valence-corrected chi connectivity index (χ0v) is 13.3. The quantitative estimate of drug-likeness (QED) is 0.874. The van der Waals surface area contributed by atoms with Crippen LogP contribution in [0.5, 0.6) is 0 Å². The van der Waals surface area contributed by atoms with Gasteiger partial charge in [-0.3, -0.25) is 0 Å². The molecule has 2 fully saturated rings. The van der Waals surface area contributed by atoms with Crippen LogP contribution in [0, 0.1) is 5.82 Å². The lowest BCUT2D eigenvalue weighted by Crippen LogP contribution is -2.38. The summed E-state index contributed by atoms with van der Waals surface area (Å²) < 4.78 is 40.9. The van der Waals surface area contributed by atoms with Gasteiger partial charge in [0, 0.05) is 32.4 Å². The molecule has 0 bridgehead atoms. The van der Waals surface area contributed by atoms with Crippen LogP contribution in [0.1, 0.15) is 29.6 Å². The summed E-state index contributed by atoms with van der Waals surface area (Å²) in [5.74, 6) is -2.38. The minimum Gasteiger partial charge on any atom is -0.478 e. The molecule has 2 aliphatic rings. The van der Waals surface area contributed by atoms with Crippen LogP contribution in [0.15, 0.2) is 12.3 Å². The molecule has 1 aromatic rings. The summed E-state index contributed by atoms with van der Waals surface area (Å²) in [6.07, 6.45) is 3.35. The molecule has 1 N–H and O–H groups in total. The molecule has 2 saturated heterocycles. The van der Waals surface area contributed by atoms with Crippen LogP contribution in [0.3, 0.4) is 0 Å². The Morgan fingerprint density at radius 1 is 1.30 bits per heavy atom. The van der Waals surface area contributed by atoms with Crippen LogP contribution in [-0.2, 0) is 10.0 Å². The standard InChI is InChI=1S/C14H18FN3O4S/c15-12-11(14(19)20)3-5-16-13(12)17-8-4-10(9-17)23(21,22)18-6-1-2-7-18/h3,5,10H,1-2,4,6-9H2,(H,19,20). The number of hydrogen-bond acceptors (Lipinski definition) is 5. The van der Waals surface area contributed by atoms with Gasteiger partial charge in [-0.2, -0.15) is 0 Å². The Hall–Kier alpha value is -1.74. The third-order valence-corrected chi connectivity index (χ3v) is 6.70. The summed E-state index contributed by atoms with van der Waals surface area (Å²) in [4.78, 5) is 16.4. The molecular weight excluding hydrogens is 325 g/mol. The summed E-state index contributed by atoms with van der Waals surface area (Å²) in [5.41, 5.74) is -0.458. The van der Waals surface area contributed by atoms with Gasteiger partial charge in [-0.25, -0.2) is 26.9 Å². The van der Waals surface area contributed by atoms with Gasteiger partial charge in [0.15, 0.2) is 11.6 Å². The van der Waals surface area contributed by atoms with Crippen LogP contribution in [0.4, 0.5) is 10.2 Å². The monoisotopic (exact) mass is 343 g/mol. The SMILES string of the molecule is O=C(O)c1ccnc(N2CCC(S(=O)(=O)N3CCCC3)C2)c1F. The first-order chi connectivity index (χ1) is 10.9. The van der Waals surface area contributed by atoms with Crippen LogP contribution in [-0.4, -0.2) is 60.2 Å². The molecule has 1 aromatic heterocycles. The number of aromatic carboxylic acids is 1. The summed E-state index contributed by atoms with van der Waals surface area (Å²) in [7, 11) is -3.39. The van der Waals surface area contributed by atoms with E-state index in [-0.39, 0.29) is 12.4 Å². The first kappa shape index (κ1) is 16.1. The Bertz CT molecular complexity index is 719. The van der Waals surface area contributed by atoms with E-state index < -0.39 is 32.6 Å². The number of carbonyl (C=O) groups is 1. The molecular formula is C14H18FN3O4S. The Kier molecular flexibility index (Phi) is 4.24. The highest BCUT2D eigenvalue weighted by atomic mass is 32.2. The number of rotatable bonds is 4. The lowest BCUT2D eigenvalue weighted by Gasteiger charge is -2.22. The molecule has 0 spiro atoms. The van der Waals surface area contributed by atoms with E-state index in [4.69, 9.17) is 5.11 Å². The maximum atomic E-state index is 14.3. The van der Waals surface area contributed by atoms with Gasteiger partial charge in [0.05, 0.1) is 5.25 Å². The van der Waals surface area contributed by atoms with E-state index in [2.05, 4.69) is 4.98 Å². The molecule has 1 unspecified atom stereocenters. The molecule has 2 aliphatic heterocycles. The maximum Gasteiger partial charge on any atom is 0.338 e. The highest BCUT2D eigenvalue weighted by Gasteiger charge is 2.39. The summed E-state index contributed by atoms with van der Waals surface area (Å²) in [6.45, 7) is 1.55. The largest absolute Gasteiger partial charge is 0.478 e. The van der Waals surface area contributed by atoms with E-state index in [0.717, 1.165) is 18.9 Å². The Morgan fingerprint density at radius 3 is 2.65 bits per heavy atom. The van der Waals surface area contributed by atoms with Crippen LogP contribution < -0.4 is 4.90 Å². The molecule has 23 heavy (non-hydrogen) atoms. The molecule has 0 radical (unpaired) electrons. The number of aromatic nitrogens is 1. The van der Waals surface area contributed by atoms with Gasteiger partial charge < -0.3 is 10.0 Å². The van der Waals surface area contributed by atoms with Gasteiger partial charge in [0.2, 0.25) is 10.0 Å². The fourth-order valence-electron chi connectivity index (χ4n) is 3.14. The first-order valence-corrected chi connectivity index (χ1v) is 9.03. The maximum absolute atomic E-state index is 14.3. The van der Waals surface area contributed by atoms with Crippen molar-refractivity contribution in [3.63, 3.8) is 0 Å². The predicted octanol–water partition coefficient (Wildman–Crippen LogP) is 0.923. The number of pyridine rings is 1. The van der Waals surface area contributed by atoms with Gasteiger partial charge in [-0.05, 0) is 25.3 Å². The molecule has 7 nitrogen and oxygen atoms in total. The second-order valence-corrected chi connectivity index (χ2v) is 8.02. The summed E-state index contributed by atoms with van der Waals surface area (Å²) in [6, 6.07) is 1.09. The average Bonchev–Trinajstić information content (AvgIpc) is 3.19. The van der Waals surface area contributed by atoms with E-state index >= 15 is 0 Å². The van der Waals surface area contributed by atoms with E-state index in [1.54, 1.807) is 0 Å². The van der Waals surface area contributed by atoms with E-state index in [9.17, 15) is 17.6 Å². The smallest absolute Gasteiger partial charge is 0.338 e. The van der Waals surface area contributed by atoms with Gasteiger partial charge in [-0.1, -0.05) is 0 Å². The minimum absolute atomic E-state index is 0.0935. The van der Waals surface area contributed by atoms with Crippen molar-refractivity contribution in [2.75, 3.05) is 31.1 Å². The van der Waals surface area contributed by atoms with E-state index in [1.807, 2.05) is 0 Å². The van der Waals surface area contributed by atoms with Gasteiger partial charge in [-0.15, -0.1) is 0 Å². The van der Waals surface area contributed by atoms with E-state index in [1.165, 1.54) is 15.4 Å². The molecule has 1 atom stereocenters. The topological polar surface area (TPSA) is 90.8 Å². The van der Waals surface area contributed by atoms with Gasteiger partial charge in [0.25, 0.3) is 0 Å². The third kappa shape index (κ3) is 2.90. The zero-order chi connectivity index (χ0) is 16.6. The molecule has 9 heteroatoms. The fourth-order valence-corrected chi connectivity index (χ4v) is 5.10. The zero-order valence-electron chi connectivity index (χ0n) is 12.5. The third-order valence-electron chi connectivity index (χ3n) is 4.39. The number of carboxylic acids is 1. The number of sulfonamides is 1. The van der Waals surface area contributed by atoms with Crippen molar-refractivity contribution < 1.29 is 22.7 Å². The highest BCUT2D eigenvalue weighted by Crippen LogP contribution is 2.28. The number of carboxylic acid groups (broad SMARTS) is 1. The minimum atomic E-state index is -3.39. The van der Waals surface area contributed by atoms with Gasteiger partial charge in [0.1, 0.15) is 5.56 Å². The number of anilines is 1. The van der Waals surface area contributed by atoms with Crippen LogP contribution in [0.2, 0.25) is 0 Å². The molecule has 0 amide bonds. The second-order valence-electron chi connectivity index (χ2n) is 5.81. The van der Waals surface area contributed by atoms with Crippen molar-refractivity contribution in [2.45, 2.75) is 24.5 Å². The predicted molar refractivity (Wildman–Crippen MR) is 81.5 cm³/mol. The lowest BCUT2D eigenvalue weighted by molar-refractivity contribution is 0.0691. The summed E-state index contributed by atoms with van der Waals surface area (Å²) >= 11 is 0. The van der Waals surface area contributed by atoms with Crippen molar-refractivity contribution in [3.8, 4) is 0 Å². The first-order valence-electron chi connectivity index (χ1n) is 7.53. The molecule has 0 aromatic carbocycles. The highest BCUT2D eigenvalue weighted by molar-refractivity contribution is 7.89. The Balaban J connectivity index is 1.80. The Morgan fingerprint density at radius 2 is 2.00 bits per heavy atom. The van der Waals surface area contributed by atoms with Crippen LogP contribution >= 0.6 is 0 Å². The van der Waals surface area contributed by atoms with Gasteiger partial charge >= 0.3 is 5.97 Å². The second kappa shape index (κ2) is 6.04. The van der Waals surface area contributed by atoms with Crippen molar-refractivity contribution in [2.24, 2.45) is 0 Å². The number of hydrogen-bond donors (Lipinski definition) is 1. The molecule has 3 rings (SSSR count). The van der Waals surface area contributed by atoms with Crippen molar-refractivity contribution in [1.82, 2.24) is 9.29 Å². The number of halogens is 1. The fraction of sp³-hybridized carbons (Fsp3) is 0.571. The molecule has 0 saturated carbocycles. The molecule has 0 aliphatic carbocycles. The Labute approximate surface area is 133 Å². The normalized spacial score (nSPS) is 22.7. The average molecular weight is 343 g/mol. The van der Waals surface area contributed by atoms with Crippen molar-refractivity contribution in [3.05, 3.63) is 23.6 Å². The van der Waals surface area contributed by atoms with Crippen molar-refractivity contribution >= 4 is 21.8 Å². The molecule has 3 heterocycles. The lowest BCUT2D eigenvalue weighted by atomic mass is 10.2.